The van der Waals surface area contributed by atoms with Crippen molar-refractivity contribution >= 4 is 11.7 Å². The third-order valence-electron chi connectivity index (χ3n) is 5.28. The van der Waals surface area contributed by atoms with Crippen LogP contribution in [0.25, 0.3) is 0 Å². The topological polar surface area (TPSA) is 58.6 Å². The van der Waals surface area contributed by atoms with Gasteiger partial charge in [0, 0.05) is 25.1 Å². The van der Waals surface area contributed by atoms with Gasteiger partial charge in [-0.2, -0.15) is 0 Å². The Labute approximate surface area is 166 Å². The number of Topliss-reactive ketones (excluding diaryl/α,β-unsaturated/α-hetero) is 1. The Morgan fingerprint density at radius 2 is 1.64 bits per heavy atom. The molecule has 0 aliphatic carbocycles. The summed E-state index contributed by atoms with van der Waals surface area (Å²) in [5.41, 5.74) is 2.95. The lowest BCUT2D eigenvalue weighted by molar-refractivity contribution is -0.122. The smallest absolute Gasteiger partial charge is 0.234 e. The summed E-state index contributed by atoms with van der Waals surface area (Å²) < 4.78 is 5.21. The summed E-state index contributed by atoms with van der Waals surface area (Å²) in [4.78, 5) is 27.0. The molecule has 1 saturated heterocycles. The standard InChI is InChI=1S/C23H28N2O3/c1-28-17-21-10-6-5-9-20(21)15-24-22(26)16-25-13-11-19(12-14-25)23(27)18-7-3-2-4-8-18/h2-10,19H,11-17H2,1H3,(H,24,26). The van der Waals surface area contributed by atoms with Gasteiger partial charge in [-0.1, -0.05) is 54.6 Å². The normalized spacial score (nSPS) is 15.3. The fourth-order valence-corrected chi connectivity index (χ4v) is 3.67. The zero-order valence-electron chi connectivity index (χ0n) is 16.4. The molecule has 1 heterocycles. The van der Waals surface area contributed by atoms with Gasteiger partial charge >= 0.3 is 0 Å². The first-order chi connectivity index (χ1) is 13.7. The number of nitrogens with one attached hydrogen (secondary N) is 1. The van der Waals surface area contributed by atoms with E-state index in [0.717, 1.165) is 42.6 Å². The highest BCUT2D eigenvalue weighted by molar-refractivity contribution is 5.97. The molecular weight excluding hydrogens is 352 g/mol. The molecule has 2 aromatic rings. The predicted octanol–water partition coefficient (Wildman–Crippen LogP) is 3.04. The van der Waals surface area contributed by atoms with E-state index in [9.17, 15) is 9.59 Å². The zero-order valence-corrected chi connectivity index (χ0v) is 16.4. The summed E-state index contributed by atoms with van der Waals surface area (Å²) in [6.07, 6.45) is 1.61. The maximum atomic E-state index is 12.6. The van der Waals surface area contributed by atoms with Gasteiger partial charge in [0.25, 0.3) is 0 Å². The Kier molecular flexibility index (Phi) is 7.34. The minimum Gasteiger partial charge on any atom is -0.380 e. The molecule has 28 heavy (non-hydrogen) atoms. The number of benzene rings is 2. The van der Waals surface area contributed by atoms with Crippen molar-refractivity contribution in [2.45, 2.75) is 26.0 Å². The number of ether oxygens (including phenoxy) is 1. The van der Waals surface area contributed by atoms with Gasteiger partial charge in [-0.15, -0.1) is 0 Å². The Bertz CT molecular complexity index is 783. The van der Waals surface area contributed by atoms with Crippen LogP contribution in [0.4, 0.5) is 0 Å². The number of carbonyl (C=O) groups excluding carboxylic acids is 2. The van der Waals surface area contributed by atoms with Crippen LogP contribution in [-0.2, 0) is 22.7 Å². The van der Waals surface area contributed by atoms with E-state index in [-0.39, 0.29) is 17.6 Å². The van der Waals surface area contributed by atoms with E-state index in [1.807, 2.05) is 54.6 Å². The van der Waals surface area contributed by atoms with E-state index in [4.69, 9.17) is 4.74 Å². The van der Waals surface area contributed by atoms with Crippen molar-refractivity contribution in [3.63, 3.8) is 0 Å². The van der Waals surface area contributed by atoms with E-state index in [0.29, 0.717) is 19.7 Å². The van der Waals surface area contributed by atoms with Gasteiger partial charge in [-0.25, -0.2) is 0 Å². The van der Waals surface area contributed by atoms with Crippen LogP contribution in [0.1, 0.15) is 34.3 Å². The summed E-state index contributed by atoms with van der Waals surface area (Å²) in [6, 6.07) is 17.4. The minimum atomic E-state index is 0.0139. The molecule has 1 aliphatic rings. The van der Waals surface area contributed by atoms with E-state index in [1.165, 1.54) is 0 Å². The van der Waals surface area contributed by atoms with Gasteiger partial charge in [0.05, 0.1) is 13.2 Å². The third-order valence-corrected chi connectivity index (χ3v) is 5.28. The van der Waals surface area contributed by atoms with Gasteiger partial charge in [0.1, 0.15) is 0 Å². The number of hydrogen-bond acceptors (Lipinski definition) is 4. The van der Waals surface area contributed by atoms with Crippen LogP contribution in [0.3, 0.4) is 0 Å². The third kappa shape index (κ3) is 5.50. The molecule has 5 heteroatoms. The quantitative estimate of drug-likeness (QED) is 0.715. The van der Waals surface area contributed by atoms with Crippen LogP contribution in [0.5, 0.6) is 0 Å². The van der Waals surface area contributed by atoms with E-state index in [1.54, 1.807) is 7.11 Å². The molecule has 2 aromatic carbocycles. The average molecular weight is 380 g/mol. The zero-order chi connectivity index (χ0) is 19.8. The maximum absolute atomic E-state index is 12.6. The Hall–Kier alpha value is -2.50. The first kappa shape index (κ1) is 20.2. The van der Waals surface area contributed by atoms with Gasteiger partial charge in [-0.05, 0) is 37.1 Å². The molecule has 5 nitrogen and oxygen atoms in total. The predicted molar refractivity (Wildman–Crippen MR) is 109 cm³/mol. The molecule has 1 N–H and O–H groups in total. The van der Waals surface area contributed by atoms with Crippen LogP contribution in [0.2, 0.25) is 0 Å². The van der Waals surface area contributed by atoms with E-state index in [2.05, 4.69) is 10.2 Å². The number of hydrogen-bond donors (Lipinski definition) is 1. The van der Waals surface area contributed by atoms with Crippen LogP contribution in [0.15, 0.2) is 54.6 Å². The van der Waals surface area contributed by atoms with Crippen molar-refractivity contribution in [2.24, 2.45) is 5.92 Å². The summed E-state index contributed by atoms with van der Waals surface area (Å²) in [5, 5.41) is 3.00. The van der Waals surface area contributed by atoms with Crippen molar-refractivity contribution in [3.8, 4) is 0 Å². The van der Waals surface area contributed by atoms with Crippen LogP contribution in [0, 0.1) is 5.92 Å². The monoisotopic (exact) mass is 380 g/mol. The molecule has 148 valence electrons. The molecule has 1 fully saturated rings. The molecule has 1 amide bonds. The number of amides is 1. The first-order valence-corrected chi connectivity index (χ1v) is 9.81. The van der Waals surface area contributed by atoms with Gasteiger partial charge in [0.2, 0.25) is 5.91 Å². The van der Waals surface area contributed by atoms with Crippen LogP contribution < -0.4 is 5.32 Å². The molecule has 0 unspecified atom stereocenters. The number of carbonyl (C=O) groups is 2. The van der Waals surface area contributed by atoms with E-state index < -0.39 is 0 Å². The highest BCUT2D eigenvalue weighted by Gasteiger charge is 2.26. The molecule has 3 rings (SSSR count). The Balaban J connectivity index is 1.43. The van der Waals surface area contributed by atoms with Crippen LogP contribution >= 0.6 is 0 Å². The average Bonchev–Trinajstić information content (AvgIpc) is 2.74. The van der Waals surface area contributed by atoms with E-state index >= 15 is 0 Å². The fraction of sp³-hybridized carbons (Fsp3) is 0.391. The van der Waals surface area contributed by atoms with Crippen molar-refractivity contribution in [1.29, 1.82) is 0 Å². The highest BCUT2D eigenvalue weighted by atomic mass is 16.5. The molecule has 0 radical (unpaired) electrons. The number of ketones is 1. The Morgan fingerprint density at radius 3 is 2.32 bits per heavy atom. The lowest BCUT2D eigenvalue weighted by Gasteiger charge is -2.30. The molecule has 0 spiro atoms. The number of rotatable bonds is 8. The lowest BCUT2D eigenvalue weighted by Crippen LogP contribution is -2.42. The SMILES string of the molecule is COCc1ccccc1CNC(=O)CN1CCC(C(=O)c2ccccc2)CC1. The minimum absolute atomic E-state index is 0.0139. The van der Waals surface area contributed by atoms with Gasteiger partial charge in [0.15, 0.2) is 5.78 Å². The largest absolute Gasteiger partial charge is 0.380 e. The van der Waals surface area contributed by atoms with Gasteiger partial charge < -0.3 is 10.1 Å². The van der Waals surface area contributed by atoms with Crippen molar-refractivity contribution < 1.29 is 14.3 Å². The van der Waals surface area contributed by atoms with Crippen LogP contribution in [-0.4, -0.2) is 43.3 Å². The summed E-state index contributed by atoms with van der Waals surface area (Å²) >= 11 is 0. The highest BCUT2D eigenvalue weighted by Crippen LogP contribution is 2.21. The lowest BCUT2D eigenvalue weighted by atomic mass is 9.89. The number of likely N-dealkylation sites (tertiary alicyclic amines) is 1. The number of piperidine rings is 1. The van der Waals surface area contributed by atoms with Crippen molar-refractivity contribution in [3.05, 3.63) is 71.3 Å². The second-order valence-corrected chi connectivity index (χ2v) is 7.26. The molecular formula is C23H28N2O3. The molecule has 0 saturated carbocycles. The molecule has 0 atom stereocenters. The Morgan fingerprint density at radius 1 is 1.00 bits per heavy atom. The number of nitrogens with zero attached hydrogens (tertiary/aromatic N) is 1. The fourth-order valence-electron chi connectivity index (χ4n) is 3.67. The maximum Gasteiger partial charge on any atom is 0.234 e. The molecule has 0 aromatic heterocycles. The first-order valence-electron chi connectivity index (χ1n) is 9.81. The summed E-state index contributed by atoms with van der Waals surface area (Å²) in [7, 11) is 1.67. The molecule has 1 aliphatic heterocycles. The second-order valence-electron chi connectivity index (χ2n) is 7.26. The number of methoxy groups -OCH3 is 1. The molecule has 0 bridgehead atoms. The van der Waals surface area contributed by atoms with Crippen molar-refractivity contribution in [2.75, 3.05) is 26.7 Å². The second kappa shape index (κ2) is 10.2. The van der Waals surface area contributed by atoms with Gasteiger partial charge in [-0.3, -0.25) is 14.5 Å². The summed E-state index contributed by atoms with van der Waals surface area (Å²) in [5.74, 6) is 0.294. The van der Waals surface area contributed by atoms with Crippen molar-refractivity contribution in [1.82, 2.24) is 10.2 Å². The summed E-state index contributed by atoms with van der Waals surface area (Å²) in [6.45, 7) is 2.96.